The first-order chi connectivity index (χ1) is 5.79. The second kappa shape index (κ2) is 3.03. The number of methoxy groups -OCH3 is 1. The summed E-state index contributed by atoms with van der Waals surface area (Å²) in [6.45, 7) is 3.12. The van der Waals surface area contributed by atoms with E-state index in [1.165, 1.54) is 10.6 Å². The third kappa shape index (κ3) is 1.32. The van der Waals surface area contributed by atoms with Crippen molar-refractivity contribution in [3.63, 3.8) is 0 Å². The normalized spacial score (nSPS) is 22.0. The van der Waals surface area contributed by atoms with E-state index in [1.807, 2.05) is 0 Å². The lowest BCUT2D eigenvalue weighted by molar-refractivity contribution is 0.409. The SMILES string of the molecule is COc1nc2c(s1)CN[C@H](C)C2. The van der Waals surface area contributed by atoms with Crippen LogP contribution in [0.1, 0.15) is 17.5 Å². The van der Waals surface area contributed by atoms with Crippen molar-refractivity contribution in [2.75, 3.05) is 7.11 Å². The van der Waals surface area contributed by atoms with Crippen LogP contribution in [0.4, 0.5) is 0 Å². The molecule has 0 bridgehead atoms. The third-order valence-electron chi connectivity index (χ3n) is 2.04. The van der Waals surface area contributed by atoms with Crippen LogP contribution >= 0.6 is 11.3 Å². The van der Waals surface area contributed by atoms with Crippen molar-refractivity contribution < 1.29 is 4.74 Å². The number of nitrogens with zero attached hydrogens (tertiary/aromatic N) is 1. The summed E-state index contributed by atoms with van der Waals surface area (Å²) in [4.78, 5) is 5.70. The van der Waals surface area contributed by atoms with Crippen molar-refractivity contribution in [3.05, 3.63) is 10.6 Å². The van der Waals surface area contributed by atoms with E-state index in [4.69, 9.17) is 4.74 Å². The smallest absolute Gasteiger partial charge is 0.273 e. The molecule has 0 aliphatic carbocycles. The molecule has 4 heteroatoms. The third-order valence-corrected chi connectivity index (χ3v) is 3.10. The van der Waals surface area contributed by atoms with E-state index in [0.717, 1.165) is 18.2 Å². The first-order valence-electron chi connectivity index (χ1n) is 4.05. The predicted octanol–water partition coefficient (Wildman–Crippen LogP) is 1.19. The molecule has 0 radical (unpaired) electrons. The summed E-state index contributed by atoms with van der Waals surface area (Å²) in [7, 11) is 1.67. The van der Waals surface area contributed by atoms with Crippen molar-refractivity contribution in [1.29, 1.82) is 0 Å². The molecule has 0 fully saturated rings. The minimum Gasteiger partial charge on any atom is -0.473 e. The van der Waals surface area contributed by atoms with Crippen LogP contribution in [0.15, 0.2) is 0 Å². The molecule has 1 aromatic heterocycles. The molecule has 2 rings (SSSR count). The van der Waals surface area contributed by atoms with Gasteiger partial charge in [0.2, 0.25) is 0 Å². The summed E-state index contributed by atoms with van der Waals surface area (Å²) in [6, 6.07) is 0.546. The van der Waals surface area contributed by atoms with Gasteiger partial charge in [-0.3, -0.25) is 0 Å². The van der Waals surface area contributed by atoms with E-state index in [2.05, 4.69) is 17.2 Å². The van der Waals surface area contributed by atoms with Crippen LogP contribution < -0.4 is 10.1 Å². The van der Waals surface area contributed by atoms with Crippen molar-refractivity contribution in [2.45, 2.75) is 25.9 Å². The second-order valence-corrected chi connectivity index (χ2v) is 4.09. The number of ether oxygens (including phenoxy) is 1. The zero-order chi connectivity index (χ0) is 8.55. The van der Waals surface area contributed by atoms with Gasteiger partial charge in [0.15, 0.2) is 0 Å². The van der Waals surface area contributed by atoms with Gasteiger partial charge in [-0.1, -0.05) is 11.3 Å². The molecular formula is C8H12N2OS. The molecule has 0 unspecified atom stereocenters. The molecule has 0 spiro atoms. The fourth-order valence-electron chi connectivity index (χ4n) is 1.37. The molecule has 12 heavy (non-hydrogen) atoms. The largest absolute Gasteiger partial charge is 0.473 e. The molecule has 0 saturated heterocycles. The Kier molecular flexibility index (Phi) is 2.02. The second-order valence-electron chi connectivity index (χ2n) is 3.04. The Bertz CT molecular complexity index is 285. The lowest BCUT2D eigenvalue weighted by atomic mass is 10.1. The lowest BCUT2D eigenvalue weighted by Gasteiger charge is -2.17. The van der Waals surface area contributed by atoms with Crippen LogP contribution in [-0.2, 0) is 13.0 Å². The maximum atomic E-state index is 5.08. The lowest BCUT2D eigenvalue weighted by Crippen LogP contribution is -2.32. The number of fused-ring (bicyclic) bond motifs is 1. The molecule has 1 aliphatic rings. The van der Waals surface area contributed by atoms with E-state index in [0.29, 0.717) is 6.04 Å². The number of hydrogen-bond donors (Lipinski definition) is 1. The van der Waals surface area contributed by atoms with Gasteiger partial charge in [0.05, 0.1) is 12.8 Å². The number of rotatable bonds is 1. The standard InChI is InChI=1S/C8H12N2OS/c1-5-3-6-7(4-9-5)12-8(10-6)11-2/h5,9H,3-4H2,1-2H3/t5-/m1/s1. The number of aromatic nitrogens is 1. The predicted molar refractivity (Wildman–Crippen MR) is 48.7 cm³/mol. The molecule has 1 aromatic rings. The fraction of sp³-hybridized carbons (Fsp3) is 0.625. The first-order valence-corrected chi connectivity index (χ1v) is 4.87. The Hall–Kier alpha value is -0.610. The van der Waals surface area contributed by atoms with Gasteiger partial charge < -0.3 is 10.1 Å². The van der Waals surface area contributed by atoms with E-state index in [1.54, 1.807) is 18.4 Å². The molecule has 2 heterocycles. The Morgan fingerprint density at radius 1 is 1.67 bits per heavy atom. The average molecular weight is 184 g/mol. The van der Waals surface area contributed by atoms with Crippen LogP contribution in [0, 0.1) is 0 Å². The van der Waals surface area contributed by atoms with E-state index in [-0.39, 0.29) is 0 Å². The molecule has 66 valence electrons. The van der Waals surface area contributed by atoms with Crippen LogP contribution in [0.3, 0.4) is 0 Å². The van der Waals surface area contributed by atoms with Gasteiger partial charge in [-0.15, -0.1) is 0 Å². The summed E-state index contributed by atoms with van der Waals surface area (Å²) in [5, 5.41) is 4.18. The zero-order valence-corrected chi connectivity index (χ0v) is 8.07. The molecular weight excluding hydrogens is 172 g/mol. The van der Waals surface area contributed by atoms with E-state index in [9.17, 15) is 0 Å². The first kappa shape index (κ1) is 8.01. The van der Waals surface area contributed by atoms with Gasteiger partial charge in [-0.2, -0.15) is 0 Å². The molecule has 1 atom stereocenters. The molecule has 0 saturated carbocycles. The highest BCUT2D eigenvalue weighted by Crippen LogP contribution is 2.27. The summed E-state index contributed by atoms with van der Waals surface area (Å²) < 4.78 is 5.08. The van der Waals surface area contributed by atoms with Crippen LogP contribution in [0.25, 0.3) is 0 Å². The van der Waals surface area contributed by atoms with Crippen molar-refractivity contribution >= 4 is 11.3 Å². The van der Waals surface area contributed by atoms with Crippen LogP contribution in [0.5, 0.6) is 5.19 Å². The Balaban J connectivity index is 2.28. The van der Waals surface area contributed by atoms with Crippen LogP contribution in [-0.4, -0.2) is 18.1 Å². The van der Waals surface area contributed by atoms with Gasteiger partial charge in [0.25, 0.3) is 5.19 Å². The maximum Gasteiger partial charge on any atom is 0.273 e. The molecule has 1 aliphatic heterocycles. The highest BCUT2D eigenvalue weighted by atomic mass is 32.1. The van der Waals surface area contributed by atoms with Gasteiger partial charge in [-0.25, -0.2) is 4.98 Å². The molecule has 1 N–H and O–H groups in total. The minimum absolute atomic E-state index is 0.546. The van der Waals surface area contributed by atoms with Gasteiger partial charge >= 0.3 is 0 Å². The van der Waals surface area contributed by atoms with Crippen molar-refractivity contribution in [1.82, 2.24) is 10.3 Å². The quantitative estimate of drug-likeness (QED) is 0.711. The average Bonchev–Trinajstić information content (AvgIpc) is 2.46. The maximum absolute atomic E-state index is 5.08. The Morgan fingerprint density at radius 2 is 2.50 bits per heavy atom. The summed E-state index contributed by atoms with van der Waals surface area (Å²) >= 11 is 1.64. The number of nitrogens with one attached hydrogen (secondary N) is 1. The summed E-state index contributed by atoms with van der Waals surface area (Å²) in [5.74, 6) is 0. The minimum atomic E-state index is 0.546. The van der Waals surface area contributed by atoms with Crippen LogP contribution in [0.2, 0.25) is 0 Å². The topological polar surface area (TPSA) is 34.1 Å². The Morgan fingerprint density at radius 3 is 3.25 bits per heavy atom. The summed E-state index contributed by atoms with van der Waals surface area (Å²) in [5.41, 5.74) is 1.21. The van der Waals surface area contributed by atoms with Gasteiger partial charge in [0.1, 0.15) is 0 Å². The van der Waals surface area contributed by atoms with Crippen molar-refractivity contribution in [2.24, 2.45) is 0 Å². The van der Waals surface area contributed by atoms with Gasteiger partial charge in [0, 0.05) is 23.9 Å². The van der Waals surface area contributed by atoms with Gasteiger partial charge in [-0.05, 0) is 6.92 Å². The number of hydrogen-bond acceptors (Lipinski definition) is 4. The highest BCUT2D eigenvalue weighted by Gasteiger charge is 2.18. The zero-order valence-electron chi connectivity index (χ0n) is 7.26. The van der Waals surface area contributed by atoms with Crippen molar-refractivity contribution in [3.8, 4) is 5.19 Å². The molecule has 0 aromatic carbocycles. The highest BCUT2D eigenvalue weighted by molar-refractivity contribution is 7.13. The number of thiazole rings is 1. The van der Waals surface area contributed by atoms with E-state index < -0.39 is 0 Å². The molecule has 0 amide bonds. The monoisotopic (exact) mass is 184 g/mol. The Labute approximate surface area is 75.8 Å². The van der Waals surface area contributed by atoms with E-state index >= 15 is 0 Å². The molecule has 3 nitrogen and oxygen atoms in total. The summed E-state index contributed by atoms with van der Waals surface area (Å²) in [6.07, 6.45) is 1.02. The fourth-order valence-corrected chi connectivity index (χ4v) is 2.23.